The summed E-state index contributed by atoms with van der Waals surface area (Å²) < 4.78 is 0.784. The number of aromatic nitrogens is 1. The molecule has 0 N–H and O–H groups in total. The summed E-state index contributed by atoms with van der Waals surface area (Å²) >= 11 is 3.25. The van der Waals surface area contributed by atoms with E-state index < -0.39 is 4.92 Å². The van der Waals surface area contributed by atoms with Crippen LogP contribution in [-0.4, -0.2) is 22.9 Å². The maximum absolute atomic E-state index is 12.2. The highest BCUT2D eigenvalue weighted by molar-refractivity contribution is 9.10. The lowest BCUT2D eigenvalue weighted by atomic mass is 10.2. The lowest BCUT2D eigenvalue weighted by molar-refractivity contribution is -0.384. The molecule has 0 fully saturated rings. The number of amides is 1. The maximum Gasteiger partial charge on any atom is 0.276 e. The van der Waals surface area contributed by atoms with Crippen LogP contribution in [-0.2, 0) is 0 Å². The van der Waals surface area contributed by atoms with Gasteiger partial charge in [-0.15, -0.1) is 0 Å². The fourth-order valence-electron chi connectivity index (χ4n) is 1.59. The molecule has 0 radical (unpaired) electrons. The van der Waals surface area contributed by atoms with E-state index in [0.29, 0.717) is 11.4 Å². The molecule has 0 atom stereocenters. The van der Waals surface area contributed by atoms with E-state index in [4.69, 9.17) is 0 Å². The third-order valence-electron chi connectivity index (χ3n) is 2.70. The van der Waals surface area contributed by atoms with Gasteiger partial charge in [0.2, 0.25) is 0 Å². The van der Waals surface area contributed by atoms with Crippen LogP contribution in [0.15, 0.2) is 47.1 Å². The molecule has 2 aromatic rings. The molecule has 1 aromatic carbocycles. The van der Waals surface area contributed by atoms with Gasteiger partial charge in [0.1, 0.15) is 5.69 Å². The number of rotatable bonds is 3. The summed E-state index contributed by atoms with van der Waals surface area (Å²) in [5, 5.41) is 10.6. The minimum absolute atomic E-state index is 0.0173. The van der Waals surface area contributed by atoms with Crippen LogP contribution in [0, 0.1) is 10.1 Å². The standard InChI is InChI=1S/C13H10BrN3O3/c1-16(10-3-5-11(6-4-10)17(19)20)13(18)12-7-2-9(14)8-15-12/h2-8H,1H3. The Labute approximate surface area is 123 Å². The lowest BCUT2D eigenvalue weighted by Gasteiger charge is -2.16. The lowest BCUT2D eigenvalue weighted by Crippen LogP contribution is -2.26. The van der Waals surface area contributed by atoms with Gasteiger partial charge in [-0.3, -0.25) is 14.9 Å². The number of nitro benzene ring substituents is 1. The third-order valence-corrected chi connectivity index (χ3v) is 3.17. The topological polar surface area (TPSA) is 76.3 Å². The van der Waals surface area contributed by atoms with E-state index in [9.17, 15) is 14.9 Å². The molecule has 1 heterocycles. The summed E-state index contributed by atoms with van der Waals surface area (Å²) in [5.74, 6) is -0.286. The van der Waals surface area contributed by atoms with Crippen LogP contribution < -0.4 is 4.90 Å². The number of benzene rings is 1. The molecule has 0 aliphatic carbocycles. The molecule has 102 valence electrons. The predicted octanol–water partition coefficient (Wildman–Crippen LogP) is 3.03. The monoisotopic (exact) mass is 335 g/mol. The molecule has 20 heavy (non-hydrogen) atoms. The van der Waals surface area contributed by atoms with E-state index in [1.165, 1.54) is 35.4 Å². The minimum atomic E-state index is -0.484. The van der Waals surface area contributed by atoms with Gasteiger partial charge in [0, 0.05) is 35.5 Å². The quantitative estimate of drug-likeness (QED) is 0.638. The molecule has 0 aliphatic rings. The maximum atomic E-state index is 12.2. The van der Waals surface area contributed by atoms with Gasteiger partial charge in [-0.05, 0) is 40.2 Å². The second-order valence-corrected chi connectivity index (χ2v) is 4.92. The van der Waals surface area contributed by atoms with Crippen LogP contribution in [0.25, 0.3) is 0 Å². The first kappa shape index (κ1) is 14.1. The molecule has 2 rings (SSSR count). The molecule has 0 spiro atoms. The van der Waals surface area contributed by atoms with Crippen molar-refractivity contribution in [3.05, 3.63) is 62.9 Å². The first-order chi connectivity index (χ1) is 9.49. The number of carbonyl (C=O) groups is 1. The molecule has 1 aromatic heterocycles. The third kappa shape index (κ3) is 3.00. The van der Waals surface area contributed by atoms with Gasteiger partial charge in [0.25, 0.3) is 11.6 Å². The van der Waals surface area contributed by atoms with Crippen molar-refractivity contribution in [2.75, 3.05) is 11.9 Å². The van der Waals surface area contributed by atoms with Crippen molar-refractivity contribution in [1.29, 1.82) is 0 Å². The van der Waals surface area contributed by atoms with Crippen molar-refractivity contribution < 1.29 is 9.72 Å². The Hall–Kier alpha value is -2.28. The molecule has 7 heteroatoms. The second-order valence-electron chi connectivity index (χ2n) is 4.00. The number of nitrogens with zero attached hydrogens (tertiary/aromatic N) is 3. The first-order valence-corrected chi connectivity index (χ1v) is 6.42. The smallest absolute Gasteiger partial charge is 0.276 e. The Balaban J connectivity index is 2.22. The fraction of sp³-hybridized carbons (Fsp3) is 0.0769. The normalized spacial score (nSPS) is 10.1. The van der Waals surface area contributed by atoms with E-state index in [-0.39, 0.29) is 11.6 Å². The van der Waals surface area contributed by atoms with Crippen molar-refractivity contribution >= 4 is 33.2 Å². The number of pyridine rings is 1. The van der Waals surface area contributed by atoms with Crippen molar-refractivity contribution in [1.82, 2.24) is 4.98 Å². The van der Waals surface area contributed by atoms with E-state index in [0.717, 1.165) is 4.47 Å². The Bertz CT molecular complexity index is 641. The molecular weight excluding hydrogens is 326 g/mol. The Morgan fingerprint density at radius 2 is 1.90 bits per heavy atom. The average Bonchev–Trinajstić information content (AvgIpc) is 2.46. The van der Waals surface area contributed by atoms with Gasteiger partial charge in [0.05, 0.1) is 4.92 Å². The number of anilines is 1. The largest absolute Gasteiger partial charge is 0.310 e. The Morgan fingerprint density at radius 3 is 2.40 bits per heavy atom. The highest BCUT2D eigenvalue weighted by Crippen LogP contribution is 2.20. The molecule has 0 unspecified atom stereocenters. The first-order valence-electron chi connectivity index (χ1n) is 5.63. The summed E-state index contributed by atoms with van der Waals surface area (Å²) in [5.41, 5.74) is 0.843. The molecule has 6 nitrogen and oxygen atoms in total. The van der Waals surface area contributed by atoms with Crippen LogP contribution in [0.3, 0.4) is 0 Å². The van der Waals surface area contributed by atoms with Crippen LogP contribution in [0.1, 0.15) is 10.5 Å². The summed E-state index contributed by atoms with van der Waals surface area (Å²) in [6.07, 6.45) is 1.54. The Morgan fingerprint density at radius 1 is 1.25 bits per heavy atom. The second kappa shape index (κ2) is 5.79. The van der Waals surface area contributed by atoms with Gasteiger partial charge in [-0.2, -0.15) is 0 Å². The predicted molar refractivity (Wildman–Crippen MR) is 77.8 cm³/mol. The number of hydrogen-bond donors (Lipinski definition) is 0. The highest BCUT2D eigenvalue weighted by atomic mass is 79.9. The van der Waals surface area contributed by atoms with Crippen LogP contribution in [0.5, 0.6) is 0 Å². The van der Waals surface area contributed by atoms with E-state index in [2.05, 4.69) is 20.9 Å². The zero-order valence-corrected chi connectivity index (χ0v) is 12.1. The van der Waals surface area contributed by atoms with E-state index in [1.54, 1.807) is 19.2 Å². The van der Waals surface area contributed by atoms with E-state index >= 15 is 0 Å². The molecule has 0 saturated carbocycles. The SMILES string of the molecule is CN(C(=O)c1ccc(Br)cn1)c1ccc([N+](=O)[O-])cc1. The zero-order chi connectivity index (χ0) is 14.7. The van der Waals surface area contributed by atoms with Crippen LogP contribution >= 0.6 is 15.9 Å². The summed E-state index contributed by atoms with van der Waals surface area (Å²) in [6.45, 7) is 0. The number of hydrogen-bond acceptors (Lipinski definition) is 4. The number of nitro groups is 1. The molecule has 0 saturated heterocycles. The van der Waals surface area contributed by atoms with Gasteiger partial charge < -0.3 is 4.90 Å². The minimum Gasteiger partial charge on any atom is -0.310 e. The van der Waals surface area contributed by atoms with Gasteiger partial charge >= 0.3 is 0 Å². The molecular formula is C13H10BrN3O3. The van der Waals surface area contributed by atoms with E-state index in [1.807, 2.05) is 0 Å². The Kier molecular flexibility index (Phi) is 4.09. The molecule has 1 amide bonds. The number of halogens is 1. The van der Waals surface area contributed by atoms with Gasteiger partial charge in [-0.1, -0.05) is 0 Å². The summed E-state index contributed by atoms with van der Waals surface area (Å²) in [6, 6.07) is 9.09. The average molecular weight is 336 g/mol. The molecule has 0 aliphatic heterocycles. The van der Waals surface area contributed by atoms with Crippen molar-refractivity contribution in [3.8, 4) is 0 Å². The highest BCUT2D eigenvalue weighted by Gasteiger charge is 2.15. The van der Waals surface area contributed by atoms with Crippen LogP contribution in [0.4, 0.5) is 11.4 Å². The zero-order valence-electron chi connectivity index (χ0n) is 10.5. The molecule has 0 bridgehead atoms. The van der Waals surface area contributed by atoms with Gasteiger partial charge in [0.15, 0.2) is 0 Å². The summed E-state index contributed by atoms with van der Waals surface area (Å²) in [4.78, 5) is 27.7. The summed E-state index contributed by atoms with van der Waals surface area (Å²) in [7, 11) is 1.59. The fourth-order valence-corrected chi connectivity index (χ4v) is 1.82. The van der Waals surface area contributed by atoms with Crippen molar-refractivity contribution in [2.45, 2.75) is 0 Å². The number of non-ortho nitro benzene ring substituents is 1. The number of carbonyl (C=O) groups excluding carboxylic acids is 1. The van der Waals surface area contributed by atoms with Gasteiger partial charge in [-0.25, -0.2) is 4.98 Å². The van der Waals surface area contributed by atoms with Crippen molar-refractivity contribution in [3.63, 3.8) is 0 Å². The van der Waals surface area contributed by atoms with Crippen molar-refractivity contribution in [2.24, 2.45) is 0 Å². The van der Waals surface area contributed by atoms with Crippen LogP contribution in [0.2, 0.25) is 0 Å².